The fourth-order valence-corrected chi connectivity index (χ4v) is 2.97. The van der Waals surface area contributed by atoms with Gasteiger partial charge in [0.05, 0.1) is 7.11 Å². The van der Waals surface area contributed by atoms with Crippen LogP contribution in [0.5, 0.6) is 5.75 Å². The Kier molecular flexibility index (Phi) is 5.38. The summed E-state index contributed by atoms with van der Waals surface area (Å²) < 4.78 is 12.4. The first kappa shape index (κ1) is 18.5. The van der Waals surface area contributed by atoms with E-state index in [-0.39, 0.29) is 12.5 Å². The molecule has 0 spiro atoms. The maximum absolute atomic E-state index is 12.4. The first-order chi connectivity index (χ1) is 14.2. The van der Waals surface area contributed by atoms with Crippen molar-refractivity contribution < 1.29 is 14.1 Å². The molecule has 7 heteroatoms. The number of methoxy groups -OCH3 is 1. The summed E-state index contributed by atoms with van der Waals surface area (Å²) in [5, 5.41) is 6.96. The predicted molar refractivity (Wildman–Crippen MR) is 108 cm³/mol. The lowest BCUT2D eigenvalue weighted by atomic mass is 10.2. The molecule has 0 atom stereocenters. The second-order valence-electron chi connectivity index (χ2n) is 6.44. The highest BCUT2D eigenvalue weighted by Crippen LogP contribution is 2.22. The summed E-state index contributed by atoms with van der Waals surface area (Å²) in [6.07, 6.45) is 1.81. The first-order valence-electron chi connectivity index (χ1n) is 9.17. The molecule has 0 bridgehead atoms. The molecule has 0 saturated heterocycles. The Hall–Kier alpha value is -3.87. The average molecular weight is 388 g/mol. The summed E-state index contributed by atoms with van der Waals surface area (Å²) in [5.41, 5.74) is 2.53. The third kappa shape index (κ3) is 4.35. The fourth-order valence-electron chi connectivity index (χ4n) is 2.97. The Balaban J connectivity index is 1.43. The van der Waals surface area contributed by atoms with Crippen LogP contribution >= 0.6 is 0 Å². The summed E-state index contributed by atoms with van der Waals surface area (Å²) in [6.45, 7) is 0.570. The normalized spacial score (nSPS) is 10.7. The number of nitrogens with zero attached hydrogens (tertiary/aromatic N) is 3. The molecule has 29 heavy (non-hydrogen) atoms. The molecule has 2 aromatic heterocycles. The lowest BCUT2D eigenvalue weighted by Crippen LogP contribution is -2.27. The van der Waals surface area contributed by atoms with Gasteiger partial charge in [-0.25, -0.2) is 0 Å². The lowest BCUT2D eigenvalue weighted by molar-refractivity contribution is -0.121. The number of aromatic nitrogens is 3. The number of benzene rings is 2. The Labute approximate surface area is 167 Å². The number of carbonyl (C=O) groups is 1. The Morgan fingerprint density at radius 1 is 1.10 bits per heavy atom. The minimum atomic E-state index is -0.118. The molecule has 1 amide bonds. The van der Waals surface area contributed by atoms with E-state index in [1.807, 2.05) is 72.9 Å². The Morgan fingerprint density at radius 3 is 2.79 bits per heavy atom. The van der Waals surface area contributed by atoms with Crippen molar-refractivity contribution in [3.05, 3.63) is 78.5 Å². The zero-order valence-corrected chi connectivity index (χ0v) is 15.9. The number of hydrogen-bond acceptors (Lipinski definition) is 5. The van der Waals surface area contributed by atoms with Crippen molar-refractivity contribution in [1.29, 1.82) is 0 Å². The summed E-state index contributed by atoms with van der Waals surface area (Å²) in [4.78, 5) is 16.9. The predicted octanol–water partition coefficient (Wildman–Crippen LogP) is 3.53. The molecule has 0 saturated carbocycles. The van der Waals surface area contributed by atoms with Gasteiger partial charge < -0.3 is 19.1 Å². The van der Waals surface area contributed by atoms with Crippen LogP contribution in [0.1, 0.15) is 5.56 Å². The molecule has 0 aliphatic heterocycles. The highest BCUT2D eigenvalue weighted by atomic mass is 16.5. The average Bonchev–Trinajstić information content (AvgIpc) is 3.42. The number of rotatable bonds is 7. The van der Waals surface area contributed by atoms with Crippen LogP contribution in [0.2, 0.25) is 0 Å². The van der Waals surface area contributed by atoms with E-state index < -0.39 is 0 Å². The van der Waals surface area contributed by atoms with Crippen LogP contribution in [0.25, 0.3) is 23.0 Å². The van der Waals surface area contributed by atoms with Crippen molar-refractivity contribution in [1.82, 2.24) is 20.0 Å². The molecule has 1 N–H and O–H groups in total. The fraction of sp³-hybridized carbons (Fsp3) is 0.136. The third-order valence-electron chi connectivity index (χ3n) is 4.44. The van der Waals surface area contributed by atoms with E-state index in [4.69, 9.17) is 9.26 Å². The molecule has 7 nitrogen and oxygen atoms in total. The number of hydrogen-bond donors (Lipinski definition) is 1. The van der Waals surface area contributed by atoms with E-state index in [1.54, 1.807) is 11.7 Å². The molecule has 0 aliphatic carbocycles. The quantitative estimate of drug-likeness (QED) is 0.524. The first-order valence-corrected chi connectivity index (χ1v) is 9.17. The summed E-state index contributed by atoms with van der Waals surface area (Å²) in [7, 11) is 1.62. The zero-order valence-electron chi connectivity index (χ0n) is 15.9. The van der Waals surface area contributed by atoms with Crippen molar-refractivity contribution in [2.75, 3.05) is 7.11 Å². The van der Waals surface area contributed by atoms with Crippen LogP contribution in [0.15, 0.2) is 77.4 Å². The van der Waals surface area contributed by atoms with Crippen molar-refractivity contribution >= 4 is 5.91 Å². The van der Waals surface area contributed by atoms with Gasteiger partial charge in [-0.2, -0.15) is 4.98 Å². The highest BCUT2D eigenvalue weighted by Gasteiger charge is 2.15. The van der Waals surface area contributed by atoms with Crippen LogP contribution in [-0.4, -0.2) is 27.7 Å². The lowest BCUT2D eigenvalue weighted by Gasteiger charge is -2.09. The van der Waals surface area contributed by atoms with E-state index in [1.165, 1.54) is 0 Å². The van der Waals surface area contributed by atoms with Crippen LogP contribution < -0.4 is 10.1 Å². The molecule has 2 heterocycles. The maximum Gasteiger partial charge on any atom is 0.274 e. The van der Waals surface area contributed by atoms with Crippen LogP contribution in [0.3, 0.4) is 0 Å². The van der Waals surface area contributed by atoms with E-state index in [2.05, 4.69) is 15.5 Å². The number of amides is 1. The largest absolute Gasteiger partial charge is 0.497 e. The van der Waals surface area contributed by atoms with Gasteiger partial charge in [-0.15, -0.1) is 0 Å². The monoisotopic (exact) mass is 388 g/mol. The van der Waals surface area contributed by atoms with Crippen LogP contribution in [0.4, 0.5) is 0 Å². The van der Waals surface area contributed by atoms with E-state index in [0.29, 0.717) is 24.0 Å². The molecule has 0 unspecified atom stereocenters. The molecular formula is C22H20N4O3. The molecule has 2 aromatic carbocycles. The molecule has 4 rings (SSSR count). The zero-order chi connectivity index (χ0) is 20.1. The molecule has 0 radical (unpaired) electrons. The molecular weight excluding hydrogens is 368 g/mol. The van der Waals surface area contributed by atoms with Crippen molar-refractivity contribution in [2.45, 2.75) is 13.1 Å². The standard InChI is InChI=1S/C22H20N4O3/c1-28-18-10-5-7-16(13-18)14-23-20(27)15-26-12-6-11-19(26)22-24-21(25-29-22)17-8-3-2-4-9-17/h2-13H,14-15H2,1H3,(H,23,27). The number of nitrogens with one attached hydrogen (secondary N) is 1. The minimum Gasteiger partial charge on any atom is -0.497 e. The van der Waals surface area contributed by atoms with E-state index >= 15 is 0 Å². The molecule has 4 aromatic rings. The van der Waals surface area contributed by atoms with Gasteiger partial charge >= 0.3 is 0 Å². The van der Waals surface area contributed by atoms with Gasteiger partial charge in [0.2, 0.25) is 11.7 Å². The van der Waals surface area contributed by atoms with E-state index in [0.717, 1.165) is 16.9 Å². The third-order valence-corrected chi connectivity index (χ3v) is 4.44. The van der Waals surface area contributed by atoms with E-state index in [9.17, 15) is 4.79 Å². The summed E-state index contributed by atoms with van der Waals surface area (Å²) >= 11 is 0. The molecule has 0 aliphatic rings. The Morgan fingerprint density at radius 2 is 1.97 bits per heavy atom. The topological polar surface area (TPSA) is 82.2 Å². The van der Waals surface area contributed by atoms with Crippen LogP contribution in [-0.2, 0) is 17.9 Å². The molecule has 146 valence electrons. The van der Waals surface area contributed by atoms with Gasteiger partial charge in [-0.05, 0) is 29.8 Å². The van der Waals surface area contributed by atoms with Crippen LogP contribution in [0, 0.1) is 0 Å². The number of ether oxygens (including phenoxy) is 1. The van der Waals surface area contributed by atoms with Gasteiger partial charge in [0.1, 0.15) is 18.0 Å². The second-order valence-corrected chi connectivity index (χ2v) is 6.44. The van der Waals surface area contributed by atoms with Crippen molar-refractivity contribution in [3.63, 3.8) is 0 Å². The second kappa shape index (κ2) is 8.43. The van der Waals surface area contributed by atoms with Gasteiger partial charge in [0.25, 0.3) is 5.89 Å². The SMILES string of the molecule is COc1cccc(CNC(=O)Cn2cccc2-c2nc(-c3ccccc3)no2)c1. The van der Waals surface area contributed by atoms with Gasteiger partial charge in [0.15, 0.2) is 0 Å². The highest BCUT2D eigenvalue weighted by molar-refractivity contribution is 5.76. The van der Waals surface area contributed by atoms with Gasteiger partial charge in [-0.3, -0.25) is 4.79 Å². The van der Waals surface area contributed by atoms with Gasteiger partial charge in [-0.1, -0.05) is 47.6 Å². The van der Waals surface area contributed by atoms with Gasteiger partial charge in [0, 0.05) is 18.3 Å². The molecule has 0 fully saturated rings. The van der Waals surface area contributed by atoms with Crippen molar-refractivity contribution in [3.8, 4) is 28.7 Å². The smallest absolute Gasteiger partial charge is 0.274 e. The Bertz CT molecular complexity index is 1100. The maximum atomic E-state index is 12.4. The summed E-state index contributed by atoms with van der Waals surface area (Å²) in [5.74, 6) is 1.52. The summed E-state index contributed by atoms with van der Waals surface area (Å²) in [6, 6.07) is 20.9. The number of carbonyl (C=O) groups excluding carboxylic acids is 1. The minimum absolute atomic E-state index is 0.118. The van der Waals surface area contributed by atoms with Crippen molar-refractivity contribution in [2.24, 2.45) is 0 Å².